The van der Waals surface area contributed by atoms with Crippen molar-refractivity contribution in [2.45, 2.75) is 30.7 Å². The quantitative estimate of drug-likeness (QED) is 0.132. The van der Waals surface area contributed by atoms with Crippen LogP contribution < -0.4 is 10.0 Å². The molecule has 0 aliphatic heterocycles. The summed E-state index contributed by atoms with van der Waals surface area (Å²) < 4.78 is 28.8. The normalized spacial score (nSPS) is 12.1. The molecule has 1 atom stereocenters. The van der Waals surface area contributed by atoms with Crippen molar-refractivity contribution in [3.05, 3.63) is 142 Å². The molecule has 0 spiro atoms. The van der Waals surface area contributed by atoms with Crippen LogP contribution in [0.2, 0.25) is 10.0 Å². The number of imidazole rings is 1. The van der Waals surface area contributed by atoms with Gasteiger partial charge < -0.3 is 10.3 Å². The molecule has 0 aliphatic carbocycles. The SMILES string of the molecule is CCCC(NC(=O)c1ccc(-c2cc(Cl)ccc2-c2nc3ccccc3[nH]2)c(C(=O)NS(=O)(=O)c2ccc(Cl)cc2)c1)c1ccccc1. The molecule has 0 fully saturated rings. The zero-order valence-corrected chi connectivity index (χ0v) is 28.0. The number of nitrogens with one attached hydrogen (secondary N) is 3. The first-order valence-corrected chi connectivity index (χ1v) is 17.4. The Kier molecular flexibility index (Phi) is 9.63. The van der Waals surface area contributed by atoms with Crippen molar-refractivity contribution >= 4 is 56.1 Å². The lowest BCUT2D eigenvalue weighted by atomic mass is 9.93. The number of halogens is 2. The van der Waals surface area contributed by atoms with Gasteiger partial charge in [-0.2, -0.15) is 0 Å². The van der Waals surface area contributed by atoms with Gasteiger partial charge in [-0.15, -0.1) is 0 Å². The number of hydrogen-bond acceptors (Lipinski definition) is 5. The first-order chi connectivity index (χ1) is 23.1. The Bertz CT molecular complexity index is 2200. The summed E-state index contributed by atoms with van der Waals surface area (Å²) in [5, 5.41) is 3.81. The highest BCUT2D eigenvalue weighted by atomic mass is 35.5. The topological polar surface area (TPSA) is 121 Å². The van der Waals surface area contributed by atoms with Gasteiger partial charge in [0.15, 0.2) is 0 Å². The molecule has 242 valence electrons. The number of aromatic amines is 1. The number of hydrogen-bond donors (Lipinski definition) is 3. The van der Waals surface area contributed by atoms with Crippen LogP contribution in [0, 0.1) is 0 Å². The molecule has 48 heavy (non-hydrogen) atoms. The minimum absolute atomic E-state index is 0.0495. The monoisotopic (exact) mass is 696 g/mol. The van der Waals surface area contributed by atoms with Crippen molar-refractivity contribution in [2.75, 3.05) is 0 Å². The summed E-state index contributed by atoms with van der Waals surface area (Å²) in [5.41, 5.74) is 4.11. The summed E-state index contributed by atoms with van der Waals surface area (Å²) in [7, 11) is -4.31. The Morgan fingerprint density at radius 3 is 2.19 bits per heavy atom. The minimum atomic E-state index is -4.31. The van der Waals surface area contributed by atoms with Crippen molar-refractivity contribution in [1.82, 2.24) is 20.0 Å². The second kappa shape index (κ2) is 14.0. The van der Waals surface area contributed by atoms with Crippen LogP contribution in [0.4, 0.5) is 0 Å². The maximum Gasteiger partial charge on any atom is 0.265 e. The van der Waals surface area contributed by atoms with E-state index in [1.807, 2.05) is 61.5 Å². The van der Waals surface area contributed by atoms with Crippen LogP contribution in [0.5, 0.6) is 0 Å². The van der Waals surface area contributed by atoms with Gasteiger partial charge in [-0.3, -0.25) is 9.59 Å². The van der Waals surface area contributed by atoms with Crippen LogP contribution in [-0.4, -0.2) is 30.2 Å². The summed E-state index contributed by atoms with van der Waals surface area (Å²) in [6, 6.07) is 32.1. The summed E-state index contributed by atoms with van der Waals surface area (Å²) >= 11 is 12.4. The lowest BCUT2D eigenvalue weighted by Crippen LogP contribution is -2.32. The fourth-order valence-corrected chi connectivity index (χ4v) is 6.79. The van der Waals surface area contributed by atoms with Crippen molar-refractivity contribution < 1.29 is 18.0 Å². The average molecular weight is 698 g/mol. The molecule has 0 aliphatic rings. The molecule has 11 heteroatoms. The Labute approximate surface area is 288 Å². The van der Waals surface area contributed by atoms with E-state index < -0.39 is 21.8 Å². The first kappa shape index (κ1) is 33.0. The Morgan fingerprint density at radius 2 is 1.46 bits per heavy atom. The Balaban J connectivity index is 1.45. The molecule has 8 nitrogen and oxygen atoms in total. The van der Waals surface area contributed by atoms with E-state index in [0.29, 0.717) is 39.0 Å². The number of amides is 2. The number of sulfonamides is 1. The number of fused-ring (bicyclic) bond motifs is 1. The van der Waals surface area contributed by atoms with E-state index in [-0.39, 0.29) is 22.1 Å². The fraction of sp³-hybridized carbons (Fsp3) is 0.108. The number of H-pyrrole nitrogens is 1. The van der Waals surface area contributed by atoms with Crippen LogP contribution >= 0.6 is 23.2 Å². The average Bonchev–Trinajstić information content (AvgIpc) is 3.52. The van der Waals surface area contributed by atoms with Gasteiger partial charge in [-0.25, -0.2) is 18.1 Å². The zero-order valence-electron chi connectivity index (χ0n) is 25.7. The van der Waals surface area contributed by atoms with Gasteiger partial charge in [-0.1, -0.05) is 85.1 Å². The molecular formula is C37H30Cl2N4O4S. The molecule has 6 aromatic rings. The number of nitrogens with zero attached hydrogens (tertiary/aromatic N) is 1. The van der Waals surface area contributed by atoms with Crippen molar-refractivity contribution in [1.29, 1.82) is 0 Å². The molecule has 1 heterocycles. The molecule has 2 amide bonds. The lowest BCUT2D eigenvalue weighted by Gasteiger charge is -2.20. The number of rotatable bonds is 10. The first-order valence-electron chi connectivity index (χ1n) is 15.2. The summed E-state index contributed by atoms with van der Waals surface area (Å²) in [4.78, 5) is 35.6. The highest BCUT2D eigenvalue weighted by Crippen LogP contribution is 2.36. The molecular weight excluding hydrogens is 667 g/mol. The molecule has 0 radical (unpaired) electrons. The molecule has 0 saturated carbocycles. The van der Waals surface area contributed by atoms with Gasteiger partial charge in [0.25, 0.3) is 21.8 Å². The third kappa shape index (κ3) is 7.13. The summed E-state index contributed by atoms with van der Waals surface area (Å²) in [6.45, 7) is 2.03. The van der Waals surface area contributed by atoms with E-state index >= 15 is 0 Å². The van der Waals surface area contributed by atoms with E-state index in [2.05, 4.69) is 15.0 Å². The van der Waals surface area contributed by atoms with Crippen molar-refractivity contribution in [3.8, 4) is 22.5 Å². The number of para-hydroxylation sites is 2. The predicted molar refractivity (Wildman–Crippen MR) is 190 cm³/mol. The second-order valence-electron chi connectivity index (χ2n) is 11.2. The van der Waals surface area contributed by atoms with Crippen molar-refractivity contribution in [2.24, 2.45) is 0 Å². The van der Waals surface area contributed by atoms with Gasteiger partial charge in [0.05, 0.1) is 22.0 Å². The number of aromatic nitrogens is 2. The molecule has 6 rings (SSSR count). The largest absolute Gasteiger partial charge is 0.345 e. The maximum atomic E-state index is 14.0. The molecule has 0 saturated heterocycles. The highest BCUT2D eigenvalue weighted by molar-refractivity contribution is 7.90. The van der Waals surface area contributed by atoms with Crippen LogP contribution in [-0.2, 0) is 10.0 Å². The predicted octanol–water partition coefficient (Wildman–Crippen LogP) is 8.59. The number of carbonyl (C=O) groups excluding carboxylic acids is 2. The van der Waals surface area contributed by atoms with E-state index in [1.54, 1.807) is 30.3 Å². The van der Waals surface area contributed by atoms with Gasteiger partial charge in [-0.05, 0) is 89.8 Å². The Morgan fingerprint density at radius 1 is 0.771 bits per heavy atom. The van der Waals surface area contributed by atoms with Crippen molar-refractivity contribution in [3.63, 3.8) is 0 Å². The number of carbonyl (C=O) groups is 2. The Hall–Kier alpha value is -4.96. The maximum absolute atomic E-state index is 14.0. The smallest absolute Gasteiger partial charge is 0.265 e. The second-order valence-corrected chi connectivity index (χ2v) is 13.7. The van der Waals surface area contributed by atoms with Crippen LogP contribution in [0.15, 0.2) is 120 Å². The fourth-order valence-electron chi connectivity index (χ4n) is 5.52. The van der Waals surface area contributed by atoms with Gasteiger partial charge >= 0.3 is 0 Å². The highest BCUT2D eigenvalue weighted by Gasteiger charge is 2.25. The molecule has 1 unspecified atom stereocenters. The van der Waals surface area contributed by atoms with Gasteiger partial charge in [0.2, 0.25) is 0 Å². The molecule has 1 aromatic heterocycles. The molecule has 3 N–H and O–H groups in total. The summed E-state index contributed by atoms with van der Waals surface area (Å²) in [5.74, 6) is -0.824. The van der Waals surface area contributed by atoms with E-state index in [1.165, 1.54) is 30.3 Å². The molecule has 0 bridgehead atoms. The minimum Gasteiger partial charge on any atom is -0.345 e. The molecule has 5 aromatic carbocycles. The third-order valence-electron chi connectivity index (χ3n) is 7.88. The standard InChI is InChI=1S/C37H30Cl2N4O4S/c1-2-8-32(23-9-4-3-5-10-23)42-36(44)24-13-19-28(31(21-24)37(45)43-48(46,47)27-17-14-25(38)15-18-27)30-22-26(39)16-20-29(30)35-40-33-11-6-7-12-34(33)41-35/h3-7,9-22,32H,2,8H2,1H3,(H,40,41)(H,42,44)(H,43,45). The van der Waals surface area contributed by atoms with Gasteiger partial charge in [0.1, 0.15) is 5.82 Å². The lowest BCUT2D eigenvalue weighted by molar-refractivity contribution is 0.0934. The number of benzene rings is 5. The van der Waals surface area contributed by atoms with Crippen LogP contribution in [0.25, 0.3) is 33.5 Å². The van der Waals surface area contributed by atoms with E-state index in [4.69, 9.17) is 28.2 Å². The summed E-state index contributed by atoms with van der Waals surface area (Å²) in [6.07, 6.45) is 1.53. The third-order valence-corrected chi connectivity index (χ3v) is 9.71. The van der Waals surface area contributed by atoms with Gasteiger partial charge in [0, 0.05) is 26.7 Å². The van der Waals surface area contributed by atoms with Crippen LogP contribution in [0.3, 0.4) is 0 Å². The van der Waals surface area contributed by atoms with E-state index in [0.717, 1.165) is 23.0 Å². The van der Waals surface area contributed by atoms with Crippen LogP contribution in [0.1, 0.15) is 52.1 Å². The zero-order chi connectivity index (χ0) is 33.8. The van der Waals surface area contributed by atoms with E-state index in [9.17, 15) is 18.0 Å².